The number of ether oxygens (including phenoxy) is 2. The summed E-state index contributed by atoms with van der Waals surface area (Å²) in [5.74, 6) is 3.35. The van der Waals surface area contributed by atoms with Crippen LogP contribution in [0, 0.1) is 6.92 Å². The molecule has 7 heteroatoms. The number of carbonyl (C=O) groups excluding carboxylic acids is 1. The number of nitrogens with zero attached hydrogens (tertiary/aromatic N) is 4. The molecule has 0 bridgehead atoms. The van der Waals surface area contributed by atoms with Crippen molar-refractivity contribution in [2.45, 2.75) is 33.1 Å². The predicted octanol–water partition coefficient (Wildman–Crippen LogP) is 4.31. The zero-order valence-electron chi connectivity index (χ0n) is 21.1. The number of benzene rings is 2. The van der Waals surface area contributed by atoms with Crippen molar-refractivity contribution >= 4 is 11.7 Å². The average Bonchev–Trinajstić information content (AvgIpc) is 3.15. The van der Waals surface area contributed by atoms with Gasteiger partial charge in [-0.25, -0.2) is 9.97 Å². The number of rotatable bonds is 7. The Hall–Kier alpha value is -3.61. The fraction of sp³-hybridized carbons (Fsp3) is 0.393. The third kappa shape index (κ3) is 5.73. The predicted molar refractivity (Wildman–Crippen MR) is 138 cm³/mol. The molecule has 35 heavy (non-hydrogen) atoms. The smallest absolute Gasteiger partial charge is 0.254 e. The van der Waals surface area contributed by atoms with Crippen molar-refractivity contribution in [1.82, 2.24) is 14.9 Å². The molecule has 0 atom stereocenters. The minimum atomic E-state index is 0.0392. The van der Waals surface area contributed by atoms with Gasteiger partial charge in [0.05, 0.1) is 14.2 Å². The second-order valence-electron chi connectivity index (χ2n) is 8.76. The lowest BCUT2D eigenvalue weighted by Gasteiger charge is -2.26. The first-order valence-corrected chi connectivity index (χ1v) is 12.2. The molecule has 1 aliphatic rings. The van der Waals surface area contributed by atoms with Crippen LogP contribution in [0.4, 0.5) is 5.82 Å². The van der Waals surface area contributed by atoms with Crippen LogP contribution in [0.5, 0.6) is 11.5 Å². The van der Waals surface area contributed by atoms with E-state index in [4.69, 9.17) is 19.4 Å². The van der Waals surface area contributed by atoms with Crippen LogP contribution in [-0.2, 0) is 12.8 Å². The molecule has 0 radical (unpaired) electrons. The normalized spacial score (nSPS) is 13.9. The first-order valence-electron chi connectivity index (χ1n) is 12.2. The van der Waals surface area contributed by atoms with Crippen molar-refractivity contribution in [2.24, 2.45) is 0 Å². The molecule has 1 aromatic heterocycles. The fourth-order valence-electron chi connectivity index (χ4n) is 4.59. The number of aromatic nitrogens is 2. The molecule has 4 rings (SSSR count). The van der Waals surface area contributed by atoms with Crippen molar-refractivity contribution in [3.8, 4) is 11.5 Å². The standard InChI is InChI=1S/C28H34N4O3/c1-5-26-25(18-21-10-12-23(34-3)13-11-21)27(30-20(2)29-26)31-14-7-15-32(17-16-31)28(33)22-8-6-9-24(19-22)35-4/h6,8-13,19H,5,7,14-18H2,1-4H3. The van der Waals surface area contributed by atoms with Gasteiger partial charge in [0, 0.05) is 49.4 Å². The highest BCUT2D eigenvalue weighted by Crippen LogP contribution is 2.27. The first kappa shape index (κ1) is 24.5. The number of carbonyl (C=O) groups is 1. The Labute approximate surface area is 207 Å². The third-order valence-electron chi connectivity index (χ3n) is 6.46. The summed E-state index contributed by atoms with van der Waals surface area (Å²) in [6.45, 7) is 7.02. The molecule has 0 spiro atoms. The molecule has 1 fully saturated rings. The van der Waals surface area contributed by atoms with Gasteiger partial charge in [-0.05, 0) is 55.7 Å². The van der Waals surface area contributed by atoms with Gasteiger partial charge in [0.25, 0.3) is 5.91 Å². The maximum Gasteiger partial charge on any atom is 0.254 e. The summed E-state index contributed by atoms with van der Waals surface area (Å²) in [4.78, 5) is 27.1. The molecular weight excluding hydrogens is 440 g/mol. The van der Waals surface area contributed by atoms with Gasteiger partial charge in [0.15, 0.2) is 0 Å². The summed E-state index contributed by atoms with van der Waals surface area (Å²) in [5, 5.41) is 0. The van der Waals surface area contributed by atoms with E-state index in [2.05, 4.69) is 24.0 Å². The van der Waals surface area contributed by atoms with Gasteiger partial charge in [-0.15, -0.1) is 0 Å². The summed E-state index contributed by atoms with van der Waals surface area (Å²) in [5.41, 5.74) is 4.09. The van der Waals surface area contributed by atoms with Crippen LogP contribution in [0.2, 0.25) is 0 Å². The van der Waals surface area contributed by atoms with Gasteiger partial charge in [-0.3, -0.25) is 4.79 Å². The Morgan fingerprint density at radius 2 is 1.71 bits per heavy atom. The molecule has 1 saturated heterocycles. The van der Waals surface area contributed by atoms with Crippen LogP contribution in [0.3, 0.4) is 0 Å². The molecule has 0 saturated carbocycles. The summed E-state index contributed by atoms with van der Waals surface area (Å²) >= 11 is 0. The molecule has 7 nitrogen and oxygen atoms in total. The molecular formula is C28H34N4O3. The fourth-order valence-corrected chi connectivity index (χ4v) is 4.59. The lowest BCUT2D eigenvalue weighted by Crippen LogP contribution is -2.35. The highest BCUT2D eigenvalue weighted by atomic mass is 16.5. The van der Waals surface area contributed by atoms with E-state index in [-0.39, 0.29) is 5.91 Å². The lowest BCUT2D eigenvalue weighted by molar-refractivity contribution is 0.0766. The van der Waals surface area contributed by atoms with Gasteiger partial charge in [0.2, 0.25) is 0 Å². The minimum Gasteiger partial charge on any atom is -0.497 e. The van der Waals surface area contributed by atoms with Crippen LogP contribution >= 0.6 is 0 Å². The average molecular weight is 475 g/mol. The quantitative estimate of drug-likeness (QED) is 0.508. The summed E-state index contributed by atoms with van der Waals surface area (Å²) in [6, 6.07) is 15.5. The van der Waals surface area contributed by atoms with Gasteiger partial charge in [-0.2, -0.15) is 0 Å². The lowest BCUT2D eigenvalue weighted by atomic mass is 10.0. The number of aryl methyl sites for hydroxylation is 2. The third-order valence-corrected chi connectivity index (χ3v) is 6.46. The maximum atomic E-state index is 13.2. The molecule has 1 amide bonds. The van der Waals surface area contributed by atoms with Crippen LogP contribution < -0.4 is 14.4 Å². The van der Waals surface area contributed by atoms with E-state index in [9.17, 15) is 4.79 Å². The highest BCUT2D eigenvalue weighted by molar-refractivity contribution is 5.94. The van der Waals surface area contributed by atoms with E-state index in [0.717, 1.165) is 61.0 Å². The zero-order valence-corrected chi connectivity index (χ0v) is 21.1. The molecule has 2 aromatic carbocycles. The van der Waals surface area contributed by atoms with E-state index < -0.39 is 0 Å². The van der Waals surface area contributed by atoms with Gasteiger partial charge >= 0.3 is 0 Å². The molecule has 2 heterocycles. The highest BCUT2D eigenvalue weighted by Gasteiger charge is 2.24. The minimum absolute atomic E-state index is 0.0392. The molecule has 3 aromatic rings. The maximum absolute atomic E-state index is 13.2. The van der Waals surface area contributed by atoms with Crippen LogP contribution in [0.1, 0.15) is 46.3 Å². The Morgan fingerprint density at radius 1 is 0.943 bits per heavy atom. The van der Waals surface area contributed by atoms with E-state index in [1.54, 1.807) is 20.3 Å². The Morgan fingerprint density at radius 3 is 2.43 bits per heavy atom. The van der Waals surface area contributed by atoms with Gasteiger partial charge in [-0.1, -0.05) is 25.1 Å². The molecule has 1 aliphatic heterocycles. The number of hydrogen-bond acceptors (Lipinski definition) is 6. The molecule has 184 valence electrons. The summed E-state index contributed by atoms with van der Waals surface area (Å²) in [7, 11) is 3.29. The molecule has 0 aliphatic carbocycles. The summed E-state index contributed by atoms with van der Waals surface area (Å²) in [6.07, 6.45) is 2.48. The van der Waals surface area contributed by atoms with Crippen LogP contribution in [0.15, 0.2) is 48.5 Å². The Bertz CT molecular complexity index is 1160. The van der Waals surface area contributed by atoms with Crippen molar-refractivity contribution in [3.63, 3.8) is 0 Å². The Kier molecular flexibility index (Phi) is 7.85. The molecule has 0 N–H and O–H groups in total. The van der Waals surface area contributed by atoms with E-state index in [1.165, 1.54) is 5.56 Å². The van der Waals surface area contributed by atoms with Gasteiger partial charge in [0.1, 0.15) is 23.1 Å². The van der Waals surface area contributed by atoms with Crippen molar-refractivity contribution in [1.29, 1.82) is 0 Å². The van der Waals surface area contributed by atoms with Crippen LogP contribution in [-0.4, -0.2) is 61.2 Å². The van der Waals surface area contributed by atoms with Crippen molar-refractivity contribution < 1.29 is 14.3 Å². The van der Waals surface area contributed by atoms with E-state index >= 15 is 0 Å². The second-order valence-corrected chi connectivity index (χ2v) is 8.76. The monoisotopic (exact) mass is 474 g/mol. The largest absolute Gasteiger partial charge is 0.497 e. The number of hydrogen-bond donors (Lipinski definition) is 0. The van der Waals surface area contributed by atoms with Gasteiger partial charge < -0.3 is 19.3 Å². The second kappa shape index (κ2) is 11.2. The van der Waals surface area contributed by atoms with E-state index in [1.807, 2.05) is 42.2 Å². The zero-order chi connectivity index (χ0) is 24.8. The first-order chi connectivity index (χ1) is 17.0. The number of methoxy groups -OCH3 is 2. The van der Waals surface area contributed by atoms with Crippen molar-refractivity contribution in [2.75, 3.05) is 45.3 Å². The van der Waals surface area contributed by atoms with Crippen LogP contribution in [0.25, 0.3) is 0 Å². The SMILES string of the molecule is CCc1nc(C)nc(N2CCCN(C(=O)c3cccc(OC)c3)CC2)c1Cc1ccc(OC)cc1. The Balaban J connectivity index is 1.57. The van der Waals surface area contributed by atoms with Crippen molar-refractivity contribution in [3.05, 3.63) is 76.7 Å². The van der Waals surface area contributed by atoms with E-state index in [0.29, 0.717) is 24.4 Å². The summed E-state index contributed by atoms with van der Waals surface area (Å²) < 4.78 is 10.6. The number of anilines is 1. The number of amides is 1. The topological polar surface area (TPSA) is 67.8 Å². The molecule has 0 unspecified atom stereocenters.